The maximum Gasteiger partial charge on any atom is 0.325 e. The maximum atomic E-state index is 11.6. The summed E-state index contributed by atoms with van der Waals surface area (Å²) in [4.78, 5) is 14.0. The molecule has 1 unspecified atom stereocenters. The van der Waals surface area contributed by atoms with Crippen LogP contribution in [0.2, 0.25) is 0 Å². The lowest BCUT2D eigenvalue weighted by Crippen LogP contribution is -2.48. The summed E-state index contributed by atoms with van der Waals surface area (Å²) in [5.74, 6) is 0.521. The molecular weight excluding hydrogens is 228 g/mol. The first-order valence-electron chi connectivity index (χ1n) is 6.81. The van der Waals surface area contributed by atoms with Crippen molar-refractivity contribution in [2.75, 3.05) is 34.3 Å². The highest BCUT2D eigenvalue weighted by Gasteiger charge is 2.31. The first kappa shape index (κ1) is 17.4. The van der Waals surface area contributed by atoms with E-state index in [4.69, 9.17) is 4.74 Å². The molecule has 18 heavy (non-hydrogen) atoms. The van der Waals surface area contributed by atoms with Gasteiger partial charge < -0.3 is 15.0 Å². The average molecular weight is 258 g/mol. The summed E-state index contributed by atoms with van der Waals surface area (Å²) in [6, 6.07) is 0. The number of carbonyl (C=O) groups excluding carboxylic acids is 1. The summed E-state index contributed by atoms with van der Waals surface area (Å²) in [5, 5.41) is 3.06. The van der Waals surface area contributed by atoms with E-state index in [0.717, 1.165) is 32.4 Å². The van der Waals surface area contributed by atoms with Crippen LogP contribution in [-0.2, 0) is 9.53 Å². The van der Waals surface area contributed by atoms with E-state index in [2.05, 4.69) is 31.1 Å². The predicted octanol–water partition coefficient (Wildman–Crippen LogP) is 1.90. The zero-order valence-corrected chi connectivity index (χ0v) is 12.9. The molecule has 0 saturated carbocycles. The Morgan fingerprint density at radius 3 is 2.44 bits per heavy atom. The number of likely N-dealkylation sites (N-methyl/N-ethyl adjacent to an activating group) is 1. The predicted molar refractivity (Wildman–Crippen MR) is 75.7 cm³/mol. The number of esters is 1. The Labute approximate surface area is 112 Å². The van der Waals surface area contributed by atoms with Crippen LogP contribution in [0.5, 0.6) is 0 Å². The van der Waals surface area contributed by atoms with Crippen LogP contribution < -0.4 is 5.32 Å². The highest BCUT2D eigenvalue weighted by atomic mass is 16.5. The summed E-state index contributed by atoms with van der Waals surface area (Å²) in [5.41, 5.74) is -0.550. The number of hydrogen-bond donors (Lipinski definition) is 1. The third-order valence-electron chi connectivity index (χ3n) is 3.33. The van der Waals surface area contributed by atoms with E-state index < -0.39 is 5.54 Å². The lowest BCUT2D eigenvalue weighted by molar-refractivity contribution is -0.148. The fourth-order valence-corrected chi connectivity index (χ4v) is 2.13. The van der Waals surface area contributed by atoms with Gasteiger partial charge >= 0.3 is 5.97 Å². The Morgan fingerprint density at radius 2 is 2.00 bits per heavy atom. The quantitative estimate of drug-likeness (QED) is 0.506. The molecule has 0 aliphatic heterocycles. The van der Waals surface area contributed by atoms with Gasteiger partial charge in [0.25, 0.3) is 0 Å². The average Bonchev–Trinajstić information content (AvgIpc) is 2.32. The molecule has 4 heteroatoms. The monoisotopic (exact) mass is 258 g/mol. The molecule has 0 bridgehead atoms. The number of unbranched alkanes of at least 4 members (excludes halogenated alkanes) is 1. The van der Waals surface area contributed by atoms with E-state index >= 15 is 0 Å². The highest BCUT2D eigenvalue weighted by molar-refractivity contribution is 5.80. The van der Waals surface area contributed by atoms with Crippen molar-refractivity contribution in [3.8, 4) is 0 Å². The molecule has 0 amide bonds. The minimum Gasteiger partial charge on any atom is -0.468 e. The Hall–Kier alpha value is -0.610. The summed E-state index contributed by atoms with van der Waals surface area (Å²) < 4.78 is 4.83. The van der Waals surface area contributed by atoms with E-state index in [0.29, 0.717) is 5.92 Å². The second kappa shape index (κ2) is 8.48. The smallest absolute Gasteiger partial charge is 0.325 e. The molecule has 0 aliphatic carbocycles. The zero-order valence-electron chi connectivity index (χ0n) is 12.9. The van der Waals surface area contributed by atoms with E-state index in [1.165, 1.54) is 7.11 Å². The van der Waals surface area contributed by atoms with Crippen molar-refractivity contribution in [3.05, 3.63) is 0 Å². The summed E-state index contributed by atoms with van der Waals surface area (Å²) in [7, 11) is 5.40. The molecule has 1 N–H and O–H groups in total. The van der Waals surface area contributed by atoms with Gasteiger partial charge in [-0.25, -0.2) is 0 Å². The number of ether oxygens (including phenoxy) is 1. The fourth-order valence-electron chi connectivity index (χ4n) is 2.13. The van der Waals surface area contributed by atoms with Gasteiger partial charge in [-0.3, -0.25) is 4.79 Å². The van der Waals surface area contributed by atoms with E-state index in [1.54, 1.807) is 0 Å². The van der Waals surface area contributed by atoms with E-state index in [9.17, 15) is 4.79 Å². The molecule has 0 heterocycles. The molecule has 108 valence electrons. The Balaban J connectivity index is 3.91. The van der Waals surface area contributed by atoms with Crippen molar-refractivity contribution >= 4 is 5.97 Å². The topological polar surface area (TPSA) is 41.6 Å². The number of nitrogens with zero attached hydrogens (tertiary/aromatic N) is 1. The largest absolute Gasteiger partial charge is 0.468 e. The number of nitrogens with one attached hydrogen (secondary N) is 1. The molecule has 0 fully saturated rings. The number of rotatable bonds is 9. The minimum atomic E-state index is -0.550. The maximum absolute atomic E-state index is 11.6. The van der Waals surface area contributed by atoms with Crippen LogP contribution in [0.3, 0.4) is 0 Å². The van der Waals surface area contributed by atoms with Crippen molar-refractivity contribution in [2.24, 2.45) is 5.92 Å². The van der Waals surface area contributed by atoms with Gasteiger partial charge in [0.2, 0.25) is 0 Å². The fraction of sp³-hybridized carbons (Fsp3) is 0.929. The first-order valence-corrected chi connectivity index (χ1v) is 6.81. The van der Waals surface area contributed by atoms with Gasteiger partial charge in [-0.05, 0) is 52.7 Å². The third kappa shape index (κ3) is 6.36. The second-order valence-electron chi connectivity index (χ2n) is 5.69. The molecule has 0 aromatic carbocycles. The van der Waals surface area contributed by atoms with Gasteiger partial charge in [-0.15, -0.1) is 0 Å². The number of methoxy groups -OCH3 is 1. The second-order valence-corrected chi connectivity index (χ2v) is 5.69. The van der Waals surface area contributed by atoms with Gasteiger partial charge in [-0.2, -0.15) is 0 Å². The standard InChI is InChI=1S/C14H30N2O2/c1-12(2)11-16(5)10-8-7-9-14(3,15-4)13(17)18-6/h12,15H,7-11H2,1-6H3. The van der Waals surface area contributed by atoms with Crippen LogP contribution in [0.25, 0.3) is 0 Å². The zero-order chi connectivity index (χ0) is 14.2. The lowest BCUT2D eigenvalue weighted by Gasteiger charge is -2.26. The molecule has 0 aliphatic rings. The van der Waals surface area contributed by atoms with Crippen molar-refractivity contribution in [1.82, 2.24) is 10.2 Å². The van der Waals surface area contributed by atoms with Crippen molar-refractivity contribution in [1.29, 1.82) is 0 Å². The molecule has 1 atom stereocenters. The molecular formula is C14H30N2O2. The SMILES string of the molecule is CNC(C)(CCCCN(C)CC(C)C)C(=O)OC. The van der Waals surface area contributed by atoms with Crippen molar-refractivity contribution in [2.45, 2.75) is 45.6 Å². The molecule has 4 nitrogen and oxygen atoms in total. The molecule has 0 spiro atoms. The molecule has 0 saturated heterocycles. The Bertz CT molecular complexity index is 244. The highest BCUT2D eigenvalue weighted by Crippen LogP contribution is 2.15. The molecule has 0 aromatic heterocycles. The Kier molecular flexibility index (Phi) is 8.20. The van der Waals surface area contributed by atoms with Crippen molar-refractivity contribution < 1.29 is 9.53 Å². The molecule has 0 rings (SSSR count). The van der Waals surface area contributed by atoms with Gasteiger partial charge in [0.15, 0.2) is 0 Å². The van der Waals surface area contributed by atoms with Crippen LogP contribution in [-0.4, -0.2) is 50.7 Å². The van der Waals surface area contributed by atoms with Gasteiger partial charge in [-0.1, -0.05) is 13.8 Å². The van der Waals surface area contributed by atoms with Crippen LogP contribution in [0.4, 0.5) is 0 Å². The summed E-state index contributed by atoms with van der Waals surface area (Å²) >= 11 is 0. The van der Waals surface area contributed by atoms with Crippen LogP contribution >= 0.6 is 0 Å². The van der Waals surface area contributed by atoms with Gasteiger partial charge in [0, 0.05) is 6.54 Å². The van der Waals surface area contributed by atoms with Crippen LogP contribution in [0.15, 0.2) is 0 Å². The lowest BCUT2D eigenvalue weighted by atomic mass is 9.95. The minimum absolute atomic E-state index is 0.180. The summed E-state index contributed by atoms with van der Waals surface area (Å²) in [6.07, 6.45) is 2.94. The number of carbonyl (C=O) groups is 1. The van der Waals surface area contributed by atoms with Gasteiger partial charge in [0.1, 0.15) is 5.54 Å². The Morgan fingerprint density at radius 1 is 1.39 bits per heavy atom. The number of hydrogen-bond acceptors (Lipinski definition) is 4. The van der Waals surface area contributed by atoms with Crippen molar-refractivity contribution in [3.63, 3.8) is 0 Å². The van der Waals surface area contributed by atoms with E-state index in [-0.39, 0.29) is 5.97 Å². The first-order chi connectivity index (χ1) is 8.35. The van der Waals surface area contributed by atoms with Gasteiger partial charge in [0.05, 0.1) is 7.11 Å². The van der Waals surface area contributed by atoms with Crippen LogP contribution in [0.1, 0.15) is 40.0 Å². The molecule has 0 radical (unpaired) electrons. The van der Waals surface area contributed by atoms with Crippen LogP contribution in [0, 0.1) is 5.92 Å². The third-order valence-corrected chi connectivity index (χ3v) is 3.33. The normalized spacial score (nSPS) is 14.9. The summed E-state index contributed by atoms with van der Waals surface area (Å²) in [6.45, 7) is 8.56. The van der Waals surface area contributed by atoms with E-state index in [1.807, 2.05) is 14.0 Å². The molecule has 0 aromatic rings.